The summed E-state index contributed by atoms with van der Waals surface area (Å²) in [5, 5.41) is 8.55. The lowest BCUT2D eigenvalue weighted by molar-refractivity contribution is 0.0607. The second-order valence-electron chi connectivity index (χ2n) is 9.47. The highest BCUT2D eigenvalue weighted by atomic mass is 35.5. The van der Waals surface area contributed by atoms with Gasteiger partial charge in [-0.2, -0.15) is 5.10 Å². The van der Waals surface area contributed by atoms with E-state index in [1.165, 1.54) is 12.1 Å². The molecule has 1 aromatic carbocycles. The average molecular weight is 532 g/mol. The Balaban J connectivity index is 1.49. The van der Waals surface area contributed by atoms with Crippen LogP contribution in [0.4, 0.5) is 11.5 Å². The molecule has 2 aliphatic rings. The summed E-state index contributed by atoms with van der Waals surface area (Å²) >= 11 is 6.19. The minimum absolute atomic E-state index is 0.211. The highest BCUT2D eigenvalue weighted by Gasteiger charge is 2.32. The number of benzene rings is 1. The van der Waals surface area contributed by atoms with Crippen molar-refractivity contribution in [3.05, 3.63) is 52.3 Å². The molecule has 12 heteroatoms. The second-order valence-corrected chi connectivity index (χ2v) is 11.7. The van der Waals surface area contributed by atoms with Gasteiger partial charge in [0.1, 0.15) is 5.82 Å². The molecular formula is C24H30ClN7O3S. The van der Waals surface area contributed by atoms with Gasteiger partial charge in [-0.25, -0.2) is 17.9 Å². The van der Waals surface area contributed by atoms with Crippen LogP contribution in [0.1, 0.15) is 53.3 Å². The molecule has 0 bridgehead atoms. The van der Waals surface area contributed by atoms with Crippen LogP contribution in [0.3, 0.4) is 0 Å². The maximum atomic E-state index is 13.7. The van der Waals surface area contributed by atoms with Crippen molar-refractivity contribution in [2.24, 2.45) is 0 Å². The maximum absolute atomic E-state index is 13.7. The molecule has 1 unspecified atom stereocenters. The van der Waals surface area contributed by atoms with E-state index in [-0.39, 0.29) is 23.2 Å². The first kappa shape index (κ1) is 24.8. The predicted molar refractivity (Wildman–Crippen MR) is 140 cm³/mol. The van der Waals surface area contributed by atoms with Crippen molar-refractivity contribution in [2.75, 3.05) is 42.2 Å². The Morgan fingerprint density at radius 1 is 1.19 bits per heavy atom. The molecule has 1 amide bonds. The monoisotopic (exact) mass is 531 g/mol. The van der Waals surface area contributed by atoms with Crippen molar-refractivity contribution in [2.45, 2.75) is 38.6 Å². The van der Waals surface area contributed by atoms with Gasteiger partial charge in [0, 0.05) is 35.9 Å². The van der Waals surface area contributed by atoms with E-state index in [1.807, 2.05) is 19.2 Å². The summed E-state index contributed by atoms with van der Waals surface area (Å²) in [6.07, 6.45) is 6.68. The Labute approximate surface area is 215 Å². The first-order valence-corrected chi connectivity index (χ1v) is 14.4. The first-order valence-electron chi connectivity index (χ1n) is 12.1. The van der Waals surface area contributed by atoms with E-state index in [1.54, 1.807) is 15.5 Å². The summed E-state index contributed by atoms with van der Waals surface area (Å²) in [6.45, 7) is 5.29. The molecule has 0 aliphatic carbocycles. The SMILES string of the molecule is Cc1cn2nc(C3CCCCN3C(=O)c3cc(Cl)ccc3NS(C)(=O)=O)cc2nc1N1CCCNC1. The first-order chi connectivity index (χ1) is 17.2. The molecule has 2 aliphatic heterocycles. The second kappa shape index (κ2) is 9.87. The lowest BCUT2D eigenvalue weighted by Crippen LogP contribution is -2.42. The lowest BCUT2D eigenvalue weighted by Gasteiger charge is -2.35. The molecule has 2 saturated heterocycles. The highest BCUT2D eigenvalue weighted by molar-refractivity contribution is 7.92. The smallest absolute Gasteiger partial charge is 0.256 e. The lowest BCUT2D eigenvalue weighted by atomic mass is 9.98. The molecular weight excluding hydrogens is 502 g/mol. The molecule has 3 aromatic rings. The zero-order valence-corrected chi connectivity index (χ0v) is 21.9. The Bertz CT molecular complexity index is 1400. The number of likely N-dealkylation sites (tertiary alicyclic amines) is 1. The number of carbonyl (C=O) groups is 1. The summed E-state index contributed by atoms with van der Waals surface area (Å²) < 4.78 is 28.0. The third kappa shape index (κ3) is 5.14. The molecule has 4 heterocycles. The number of anilines is 2. The highest BCUT2D eigenvalue weighted by Crippen LogP contribution is 2.34. The van der Waals surface area contributed by atoms with Gasteiger partial charge in [0.15, 0.2) is 5.65 Å². The largest absolute Gasteiger partial charge is 0.343 e. The number of nitrogens with zero attached hydrogens (tertiary/aromatic N) is 5. The Kier molecular flexibility index (Phi) is 6.80. The third-order valence-corrected chi connectivity index (χ3v) is 7.45. The van der Waals surface area contributed by atoms with E-state index >= 15 is 0 Å². The van der Waals surface area contributed by atoms with Crippen molar-refractivity contribution < 1.29 is 13.2 Å². The molecule has 0 radical (unpaired) electrons. The summed E-state index contributed by atoms with van der Waals surface area (Å²) in [5.74, 6) is 0.655. The number of halogens is 1. The number of hydrogen-bond acceptors (Lipinski definition) is 7. The molecule has 5 rings (SSSR count). The molecule has 192 valence electrons. The number of carbonyl (C=O) groups excluding carboxylic acids is 1. The van der Waals surface area contributed by atoms with Crippen molar-refractivity contribution >= 4 is 44.7 Å². The maximum Gasteiger partial charge on any atom is 0.256 e. The van der Waals surface area contributed by atoms with Crippen LogP contribution < -0.4 is 14.9 Å². The van der Waals surface area contributed by atoms with Crippen LogP contribution in [0.25, 0.3) is 5.65 Å². The van der Waals surface area contributed by atoms with Gasteiger partial charge in [-0.05, 0) is 57.4 Å². The Morgan fingerprint density at radius 3 is 2.78 bits per heavy atom. The molecule has 2 N–H and O–H groups in total. The molecule has 0 spiro atoms. The number of rotatable bonds is 5. The molecule has 2 fully saturated rings. The zero-order valence-electron chi connectivity index (χ0n) is 20.4. The summed E-state index contributed by atoms with van der Waals surface area (Å²) in [4.78, 5) is 22.6. The van der Waals surface area contributed by atoms with Crippen LogP contribution >= 0.6 is 11.6 Å². The fourth-order valence-corrected chi connectivity index (χ4v) is 5.74. The van der Waals surface area contributed by atoms with Crippen molar-refractivity contribution in [3.8, 4) is 0 Å². The van der Waals surface area contributed by atoms with E-state index in [2.05, 4.69) is 14.9 Å². The summed E-state index contributed by atoms with van der Waals surface area (Å²) in [7, 11) is -3.57. The van der Waals surface area contributed by atoms with Gasteiger partial charge < -0.3 is 9.80 Å². The van der Waals surface area contributed by atoms with E-state index in [4.69, 9.17) is 21.7 Å². The minimum atomic E-state index is -3.57. The van der Waals surface area contributed by atoms with Gasteiger partial charge in [0.2, 0.25) is 10.0 Å². The van der Waals surface area contributed by atoms with E-state index in [0.29, 0.717) is 11.6 Å². The van der Waals surface area contributed by atoms with Gasteiger partial charge in [-0.3, -0.25) is 14.8 Å². The fourth-order valence-electron chi connectivity index (χ4n) is 4.99. The molecule has 1 atom stereocenters. The number of aryl methyl sites for hydroxylation is 1. The van der Waals surface area contributed by atoms with Crippen LogP contribution in [-0.4, -0.2) is 66.4 Å². The van der Waals surface area contributed by atoms with Crippen LogP contribution in [0.5, 0.6) is 0 Å². The predicted octanol–water partition coefficient (Wildman–Crippen LogP) is 3.19. The quantitative estimate of drug-likeness (QED) is 0.520. The number of sulfonamides is 1. The van der Waals surface area contributed by atoms with E-state index < -0.39 is 10.0 Å². The molecule has 36 heavy (non-hydrogen) atoms. The number of aromatic nitrogens is 3. The van der Waals surface area contributed by atoms with Crippen LogP contribution in [0.2, 0.25) is 5.02 Å². The van der Waals surface area contributed by atoms with Gasteiger partial charge in [0.05, 0.1) is 35.9 Å². The molecule has 10 nitrogen and oxygen atoms in total. The third-order valence-electron chi connectivity index (χ3n) is 6.62. The normalized spacial score (nSPS) is 19.0. The van der Waals surface area contributed by atoms with Gasteiger partial charge in [-0.15, -0.1) is 0 Å². The molecule has 2 aromatic heterocycles. The number of nitrogens with one attached hydrogen (secondary N) is 2. The fraction of sp³-hybridized carbons (Fsp3) is 0.458. The van der Waals surface area contributed by atoms with Crippen molar-refractivity contribution in [1.29, 1.82) is 0 Å². The number of piperidine rings is 1. The van der Waals surface area contributed by atoms with E-state index in [9.17, 15) is 13.2 Å². The summed E-state index contributed by atoms with van der Waals surface area (Å²) in [6, 6.07) is 6.29. The number of amides is 1. The average Bonchev–Trinajstić information content (AvgIpc) is 3.26. The minimum Gasteiger partial charge on any atom is -0.343 e. The standard InChI is InChI=1S/C24H30ClN7O3S/c1-16-14-32-22(27-23(16)30-10-5-9-26-15-30)13-20(28-32)21-6-3-4-11-31(21)24(33)18-12-17(25)7-8-19(18)29-36(2,34)35/h7-8,12-14,21,26,29H,3-6,9-11,15H2,1-2H3. The Hall–Kier alpha value is -2.89. The van der Waals surface area contributed by atoms with Gasteiger partial charge in [-0.1, -0.05) is 11.6 Å². The topological polar surface area (TPSA) is 112 Å². The van der Waals surface area contributed by atoms with Gasteiger partial charge in [0.25, 0.3) is 5.91 Å². The van der Waals surface area contributed by atoms with Crippen molar-refractivity contribution in [1.82, 2.24) is 24.8 Å². The number of fused-ring (bicyclic) bond motifs is 1. The molecule has 0 saturated carbocycles. The van der Waals surface area contributed by atoms with Crippen LogP contribution in [0, 0.1) is 6.92 Å². The van der Waals surface area contributed by atoms with Gasteiger partial charge >= 0.3 is 0 Å². The van der Waals surface area contributed by atoms with E-state index in [0.717, 1.165) is 74.4 Å². The van der Waals surface area contributed by atoms with Crippen LogP contribution in [0.15, 0.2) is 30.5 Å². The summed E-state index contributed by atoms with van der Waals surface area (Å²) in [5.41, 5.74) is 2.97. The number of hydrogen-bond donors (Lipinski definition) is 2. The zero-order chi connectivity index (χ0) is 25.4. The van der Waals surface area contributed by atoms with Crippen LogP contribution in [-0.2, 0) is 10.0 Å². The van der Waals surface area contributed by atoms with Crippen molar-refractivity contribution in [3.63, 3.8) is 0 Å². The Morgan fingerprint density at radius 2 is 2.03 bits per heavy atom.